The van der Waals surface area contributed by atoms with Crippen LogP contribution in [0.3, 0.4) is 0 Å². The summed E-state index contributed by atoms with van der Waals surface area (Å²) < 4.78 is 31.5. The molecule has 4 heteroatoms. The van der Waals surface area contributed by atoms with Gasteiger partial charge in [0, 0.05) is 18.4 Å². The summed E-state index contributed by atoms with van der Waals surface area (Å²) >= 11 is 0. The van der Waals surface area contributed by atoms with Gasteiger partial charge in [0.15, 0.2) is 0 Å². The molecule has 1 saturated carbocycles. The Kier molecular flexibility index (Phi) is 3.41. The van der Waals surface area contributed by atoms with Gasteiger partial charge in [0.05, 0.1) is 6.10 Å². The van der Waals surface area contributed by atoms with Crippen LogP contribution in [0.2, 0.25) is 0 Å². The SMILES string of the molecule is O=Cc1cccc(OC2CCC(F)(F)CC2)c1. The van der Waals surface area contributed by atoms with Crippen LogP contribution in [0.15, 0.2) is 24.3 Å². The summed E-state index contributed by atoms with van der Waals surface area (Å²) in [5.74, 6) is -1.96. The van der Waals surface area contributed by atoms with Crippen molar-refractivity contribution in [2.45, 2.75) is 37.7 Å². The molecule has 1 aromatic carbocycles. The van der Waals surface area contributed by atoms with Crippen LogP contribution in [-0.2, 0) is 0 Å². The molecule has 0 amide bonds. The summed E-state index contributed by atoms with van der Waals surface area (Å²) in [5.41, 5.74) is 0.531. The average molecular weight is 240 g/mol. The molecule has 0 aliphatic heterocycles. The Labute approximate surface area is 98.6 Å². The monoisotopic (exact) mass is 240 g/mol. The number of aldehydes is 1. The summed E-state index contributed by atoms with van der Waals surface area (Å²) in [6.45, 7) is 0. The first-order chi connectivity index (χ1) is 8.09. The predicted molar refractivity (Wildman–Crippen MR) is 59.7 cm³/mol. The van der Waals surface area contributed by atoms with Crippen molar-refractivity contribution in [2.75, 3.05) is 0 Å². The van der Waals surface area contributed by atoms with Crippen LogP contribution in [0.5, 0.6) is 5.75 Å². The van der Waals surface area contributed by atoms with Crippen LogP contribution in [0.25, 0.3) is 0 Å². The van der Waals surface area contributed by atoms with Gasteiger partial charge in [-0.3, -0.25) is 4.79 Å². The molecule has 2 rings (SSSR count). The third-order valence-corrected chi connectivity index (χ3v) is 2.96. The fourth-order valence-corrected chi connectivity index (χ4v) is 1.99. The lowest BCUT2D eigenvalue weighted by Crippen LogP contribution is -2.30. The van der Waals surface area contributed by atoms with E-state index in [1.165, 1.54) is 0 Å². The number of benzene rings is 1. The maximum atomic E-state index is 12.9. The first kappa shape index (κ1) is 12.0. The summed E-state index contributed by atoms with van der Waals surface area (Å²) in [6.07, 6.45) is 1.05. The highest BCUT2D eigenvalue weighted by molar-refractivity contribution is 5.75. The minimum Gasteiger partial charge on any atom is -0.490 e. The smallest absolute Gasteiger partial charge is 0.248 e. The van der Waals surface area contributed by atoms with Crippen molar-refractivity contribution in [1.82, 2.24) is 0 Å². The maximum absolute atomic E-state index is 12.9. The first-order valence-corrected chi connectivity index (χ1v) is 5.69. The molecule has 0 bridgehead atoms. The zero-order valence-electron chi connectivity index (χ0n) is 9.36. The van der Waals surface area contributed by atoms with Gasteiger partial charge in [-0.2, -0.15) is 0 Å². The normalized spacial score (nSPS) is 19.9. The van der Waals surface area contributed by atoms with E-state index in [0.717, 1.165) is 6.29 Å². The van der Waals surface area contributed by atoms with Gasteiger partial charge in [0.2, 0.25) is 5.92 Å². The highest BCUT2D eigenvalue weighted by Gasteiger charge is 2.35. The Bertz CT molecular complexity index is 394. The maximum Gasteiger partial charge on any atom is 0.248 e. The van der Waals surface area contributed by atoms with E-state index >= 15 is 0 Å². The highest BCUT2D eigenvalue weighted by Crippen LogP contribution is 2.34. The zero-order chi connectivity index (χ0) is 12.3. The predicted octanol–water partition coefficient (Wildman–Crippen LogP) is 3.46. The van der Waals surface area contributed by atoms with Gasteiger partial charge >= 0.3 is 0 Å². The Balaban J connectivity index is 1.95. The second-order valence-corrected chi connectivity index (χ2v) is 4.36. The molecule has 0 N–H and O–H groups in total. The number of carbonyl (C=O) groups excluding carboxylic acids is 1. The molecule has 0 heterocycles. The molecule has 1 fully saturated rings. The van der Waals surface area contributed by atoms with Crippen LogP contribution in [-0.4, -0.2) is 18.3 Å². The molecule has 0 spiro atoms. The van der Waals surface area contributed by atoms with Crippen LogP contribution < -0.4 is 4.74 Å². The second-order valence-electron chi connectivity index (χ2n) is 4.36. The number of ether oxygens (including phenoxy) is 1. The topological polar surface area (TPSA) is 26.3 Å². The third kappa shape index (κ3) is 3.25. The number of hydrogen-bond donors (Lipinski definition) is 0. The quantitative estimate of drug-likeness (QED) is 0.756. The average Bonchev–Trinajstić information content (AvgIpc) is 2.32. The molecule has 92 valence electrons. The molecule has 17 heavy (non-hydrogen) atoms. The zero-order valence-corrected chi connectivity index (χ0v) is 9.36. The lowest BCUT2D eigenvalue weighted by molar-refractivity contribution is -0.0582. The van der Waals surface area contributed by atoms with Gasteiger partial charge in [0.25, 0.3) is 0 Å². The number of halogens is 2. The van der Waals surface area contributed by atoms with Crippen molar-refractivity contribution in [2.24, 2.45) is 0 Å². The molecular weight excluding hydrogens is 226 g/mol. The summed E-state index contributed by atoms with van der Waals surface area (Å²) in [7, 11) is 0. The molecule has 0 saturated heterocycles. The summed E-state index contributed by atoms with van der Waals surface area (Å²) in [5, 5.41) is 0. The molecule has 1 aromatic rings. The fourth-order valence-electron chi connectivity index (χ4n) is 1.99. The van der Waals surface area contributed by atoms with E-state index < -0.39 is 5.92 Å². The Morgan fingerprint density at radius 2 is 2.00 bits per heavy atom. The molecule has 0 aromatic heterocycles. The largest absolute Gasteiger partial charge is 0.490 e. The lowest BCUT2D eigenvalue weighted by Gasteiger charge is -2.28. The van der Waals surface area contributed by atoms with Gasteiger partial charge in [-0.15, -0.1) is 0 Å². The molecule has 0 radical (unpaired) electrons. The molecular formula is C13H14F2O2. The van der Waals surface area contributed by atoms with E-state index in [9.17, 15) is 13.6 Å². The van der Waals surface area contributed by atoms with Crippen LogP contribution >= 0.6 is 0 Å². The Morgan fingerprint density at radius 3 is 2.65 bits per heavy atom. The van der Waals surface area contributed by atoms with Crippen molar-refractivity contribution >= 4 is 6.29 Å². The molecule has 1 aliphatic carbocycles. The van der Waals surface area contributed by atoms with Crippen molar-refractivity contribution in [3.05, 3.63) is 29.8 Å². The van der Waals surface area contributed by atoms with Gasteiger partial charge in [0.1, 0.15) is 12.0 Å². The second kappa shape index (κ2) is 4.82. The van der Waals surface area contributed by atoms with Gasteiger partial charge in [-0.25, -0.2) is 8.78 Å². The van der Waals surface area contributed by atoms with Crippen molar-refractivity contribution in [1.29, 1.82) is 0 Å². The number of alkyl halides is 2. The lowest BCUT2D eigenvalue weighted by atomic mass is 9.94. The van der Waals surface area contributed by atoms with E-state index in [2.05, 4.69) is 0 Å². The van der Waals surface area contributed by atoms with E-state index in [1.807, 2.05) is 0 Å². The van der Waals surface area contributed by atoms with Gasteiger partial charge < -0.3 is 4.74 Å². The minimum atomic E-state index is -2.54. The van der Waals surface area contributed by atoms with Crippen molar-refractivity contribution in [3.63, 3.8) is 0 Å². The molecule has 0 atom stereocenters. The fraction of sp³-hybridized carbons (Fsp3) is 0.462. The van der Waals surface area contributed by atoms with Crippen LogP contribution in [0, 0.1) is 0 Å². The number of rotatable bonds is 3. The van der Waals surface area contributed by atoms with Crippen molar-refractivity contribution in [3.8, 4) is 5.75 Å². The molecule has 0 unspecified atom stereocenters. The number of hydrogen-bond acceptors (Lipinski definition) is 2. The van der Waals surface area contributed by atoms with Gasteiger partial charge in [-0.05, 0) is 25.0 Å². The van der Waals surface area contributed by atoms with Crippen molar-refractivity contribution < 1.29 is 18.3 Å². The van der Waals surface area contributed by atoms with Crippen LogP contribution in [0.4, 0.5) is 8.78 Å². The van der Waals surface area contributed by atoms with E-state index in [1.54, 1.807) is 24.3 Å². The standard InChI is InChI=1S/C13H14F2O2/c14-13(15)6-4-11(5-7-13)17-12-3-1-2-10(8-12)9-16/h1-3,8-9,11H,4-7H2. The Morgan fingerprint density at radius 1 is 1.29 bits per heavy atom. The van der Waals surface area contributed by atoms with Gasteiger partial charge in [-0.1, -0.05) is 12.1 Å². The molecule has 1 aliphatic rings. The minimum absolute atomic E-state index is 0.120. The van der Waals surface area contributed by atoms with E-state index in [0.29, 0.717) is 24.2 Å². The summed E-state index contributed by atoms with van der Waals surface area (Å²) in [6, 6.07) is 6.75. The third-order valence-electron chi connectivity index (χ3n) is 2.96. The molecule has 2 nitrogen and oxygen atoms in total. The van der Waals surface area contributed by atoms with Crippen LogP contribution in [0.1, 0.15) is 36.0 Å². The Hall–Kier alpha value is -1.45. The summed E-state index contributed by atoms with van der Waals surface area (Å²) in [4.78, 5) is 10.6. The van der Waals surface area contributed by atoms with E-state index in [-0.39, 0.29) is 18.9 Å². The van der Waals surface area contributed by atoms with E-state index in [4.69, 9.17) is 4.74 Å². The number of carbonyl (C=O) groups is 1. The highest BCUT2D eigenvalue weighted by atomic mass is 19.3. The first-order valence-electron chi connectivity index (χ1n) is 5.69.